The molecule has 2 nitrogen and oxygen atoms in total. The predicted octanol–water partition coefficient (Wildman–Crippen LogP) is 3.34. The van der Waals surface area contributed by atoms with Crippen molar-refractivity contribution >= 4 is 0 Å². The molecule has 0 bridgehead atoms. The van der Waals surface area contributed by atoms with Gasteiger partial charge < -0.3 is 14.8 Å². The Balaban J connectivity index is 2.64. The summed E-state index contributed by atoms with van der Waals surface area (Å²) in [5.74, 6) is -0.333. The fourth-order valence-electron chi connectivity index (χ4n) is 0.866. The van der Waals surface area contributed by atoms with Gasteiger partial charge in [0.2, 0.25) is 0 Å². The molecule has 0 aliphatic rings. The number of rotatable bonds is 3. The van der Waals surface area contributed by atoms with Crippen LogP contribution in [-0.4, -0.2) is 6.36 Å². The van der Waals surface area contributed by atoms with Crippen molar-refractivity contribution in [2.24, 2.45) is 0 Å². The van der Waals surface area contributed by atoms with Crippen LogP contribution in [0.4, 0.5) is 17.7 Å². The SMILES string of the molecule is F[N-]Cc1ccc(OC(F)(F)F)cc1. The predicted molar refractivity (Wildman–Crippen MR) is 41.3 cm³/mol. The van der Waals surface area contributed by atoms with Crippen LogP contribution >= 0.6 is 0 Å². The molecule has 0 saturated heterocycles. The summed E-state index contributed by atoms with van der Waals surface area (Å²) in [4.78, 5) is 0. The van der Waals surface area contributed by atoms with Crippen molar-refractivity contribution in [3.8, 4) is 5.75 Å². The van der Waals surface area contributed by atoms with Crippen molar-refractivity contribution < 1.29 is 22.4 Å². The van der Waals surface area contributed by atoms with E-state index >= 15 is 0 Å². The second kappa shape index (κ2) is 4.28. The quantitative estimate of drug-likeness (QED) is 0.698. The summed E-state index contributed by atoms with van der Waals surface area (Å²) in [5, 5.41) is 0. The summed E-state index contributed by atoms with van der Waals surface area (Å²) in [7, 11) is 0. The van der Waals surface area contributed by atoms with Crippen LogP contribution in [0.1, 0.15) is 5.56 Å². The highest BCUT2D eigenvalue weighted by Gasteiger charge is 2.30. The minimum absolute atomic E-state index is 0.174. The van der Waals surface area contributed by atoms with E-state index in [2.05, 4.69) is 10.3 Å². The zero-order valence-electron chi connectivity index (χ0n) is 6.88. The van der Waals surface area contributed by atoms with E-state index in [4.69, 9.17) is 0 Å². The number of ether oxygens (including phenoxy) is 1. The van der Waals surface area contributed by atoms with Gasteiger partial charge in [-0.2, -0.15) is 0 Å². The van der Waals surface area contributed by atoms with Gasteiger partial charge in [-0.1, -0.05) is 17.7 Å². The van der Waals surface area contributed by atoms with Crippen molar-refractivity contribution in [2.75, 3.05) is 0 Å². The van der Waals surface area contributed by atoms with E-state index in [1.165, 1.54) is 12.1 Å². The van der Waals surface area contributed by atoms with Crippen LogP contribution in [0.3, 0.4) is 0 Å². The molecule has 0 radical (unpaired) electrons. The van der Waals surface area contributed by atoms with Gasteiger partial charge in [0.1, 0.15) is 5.75 Å². The number of benzene rings is 1. The van der Waals surface area contributed by atoms with E-state index < -0.39 is 6.36 Å². The summed E-state index contributed by atoms with van der Waals surface area (Å²) < 4.78 is 50.1. The Morgan fingerprint density at radius 2 is 1.71 bits per heavy atom. The average molecular weight is 208 g/mol. The molecule has 0 atom stereocenters. The lowest BCUT2D eigenvalue weighted by Crippen LogP contribution is -2.16. The van der Waals surface area contributed by atoms with Crippen molar-refractivity contribution in [1.82, 2.24) is 0 Å². The summed E-state index contributed by atoms with van der Waals surface area (Å²) in [6, 6.07) is 4.83. The summed E-state index contributed by atoms with van der Waals surface area (Å²) in [5.41, 5.74) is 2.82. The molecule has 1 rings (SSSR count). The molecule has 1 aromatic carbocycles. The fraction of sp³-hybridized carbons (Fsp3) is 0.250. The lowest BCUT2D eigenvalue weighted by Gasteiger charge is -2.11. The largest absolute Gasteiger partial charge is 0.573 e. The first-order valence-corrected chi connectivity index (χ1v) is 3.64. The molecule has 0 spiro atoms. The standard InChI is InChI=1S/C8H6F4NO/c9-8(10,11)14-7-3-1-6(2-4-7)5-13-12/h1-4H,5H2/q-1. The molecule has 6 heteroatoms. The summed E-state index contributed by atoms with van der Waals surface area (Å²) in [6.45, 7) is -0.174. The number of hydrogen-bond acceptors (Lipinski definition) is 1. The highest BCUT2D eigenvalue weighted by Crippen LogP contribution is 2.23. The van der Waals surface area contributed by atoms with Gasteiger partial charge in [-0.3, -0.25) is 0 Å². The first-order chi connectivity index (χ1) is 6.51. The van der Waals surface area contributed by atoms with Crippen molar-refractivity contribution in [3.63, 3.8) is 0 Å². The van der Waals surface area contributed by atoms with Crippen molar-refractivity contribution in [3.05, 3.63) is 35.4 Å². The molecular weight excluding hydrogens is 202 g/mol. The zero-order chi connectivity index (χ0) is 10.6. The Morgan fingerprint density at radius 3 is 2.14 bits per heavy atom. The lowest BCUT2D eigenvalue weighted by molar-refractivity contribution is -0.274. The van der Waals surface area contributed by atoms with Gasteiger partial charge in [-0.05, 0) is 12.1 Å². The minimum Gasteiger partial charge on any atom is -0.488 e. The van der Waals surface area contributed by atoms with Crippen LogP contribution in [0.2, 0.25) is 0 Å². The van der Waals surface area contributed by atoms with E-state index in [1.54, 1.807) is 0 Å². The Bertz CT molecular complexity index is 282. The highest BCUT2D eigenvalue weighted by molar-refractivity contribution is 5.28. The minimum atomic E-state index is -4.70. The van der Waals surface area contributed by atoms with Crippen LogP contribution in [-0.2, 0) is 6.54 Å². The van der Waals surface area contributed by atoms with E-state index in [0.717, 1.165) is 12.1 Å². The lowest BCUT2D eigenvalue weighted by atomic mass is 10.2. The molecule has 0 heterocycles. The van der Waals surface area contributed by atoms with Crippen LogP contribution in [0, 0.1) is 0 Å². The number of nitrogens with zero attached hydrogens (tertiary/aromatic N) is 1. The van der Waals surface area contributed by atoms with Gasteiger partial charge >= 0.3 is 6.36 Å². The van der Waals surface area contributed by atoms with E-state index in [9.17, 15) is 17.7 Å². The number of halogens is 4. The van der Waals surface area contributed by atoms with Crippen molar-refractivity contribution in [2.45, 2.75) is 12.9 Å². The highest BCUT2D eigenvalue weighted by atomic mass is 19.4. The van der Waals surface area contributed by atoms with Crippen LogP contribution in [0.15, 0.2) is 24.3 Å². The zero-order valence-corrected chi connectivity index (χ0v) is 6.88. The van der Waals surface area contributed by atoms with Crippen molar-refractivity contribution in [1.29, 1.82) is 0 Å². The smallest absolute Gasteiger partial charge is 0.488 e. The van der Waals surface area contributed by atoms with Crippen LogP contribution in [0.25, 0.3) is 5.54 Å². The van der Waals surface area contributed by atoms with Gasteiger partial charge in [-0.15, -0.1) is 19.7 Å². The molecular formula is C8H6F4NO-. The average Bonchev–Trinajstić information content (AvgIpc) is 2.06. The van der Waals surface area contributed by atoms with Gasteiger partial charge in [0.05, 0.1) is 0 Å². The topological polar surface area (TPSA) is 23.3 Å². The van der Waals surface area contributed by atoms with Crippen LogP contribution in [0.5, 0.6) is 5.75 Å². The van der Waals surface area contributed by atoms with Crippen LogP contribution < -0.4 is 4.74 Å². The second-order valence-corrected chi connectivity index (χ2v) is 2.47. The van der Waals surface area contributed by atoms with Gasteiger partial charge in [0, 0.05) is 0 Å². The molecule has 0 N–H and O–H groups in total. The monoisotopic (exact) mass is 208 g/mol. The Morgan fingerprint density at radius 1 is 1.14 bits per heavy atom. The van der Waals surface area contributed by atoms with Gasteiger partial charge in [0.15, 0.2) is 0 Å². The van der Waals surface area contributed by atoms with E-state index in [0.29, 0.717) is 5.56 Å². The summed E-state index contributed by atoms with van der Waals surface area (Å²) in [6.07, 6.45) is -4.70. The molecule has 0 saturated carbocycles. The molecule has 1 aromatic rings. The molecule has 0 fully saturated rings. The maximum atomic E-state index is 11.7. The maximum Gasteiger partial charge on any atom is 0.573 e. The summed E-state index contributed by atoms with van der Waals surface area (Å²) >= 11 is 0. The first kappa shape index (κ1) is 10.8. The normalized spacial score (nSPS) is 11.4. The number of alkyl halides is 3. The Labute approximate surface area is 77.4 Å². The molecule has 0 aliphatic carbocycles. The maximum absolute atomic E-state index is 11.7. The molecule has 0 aromatic heterocycles. The molecule has 0 aliphatic heterocycles. The van der Waals surface area contributed by atoms with E-state index in [1.807, 2.05) is 0 Å². The third-order valence-corrected chi connectivity index (χ3v) is 1.40. The molecule has 14 heavy (non-hydrogen) atoms. The Kier molecular flexibility index (Phi) is 3.29. The van der Waals surface area contributed by atoms with Gasteiger partial charge in [-0.25, -0.2) is 0 Å². The molecule has 0 unspecified atom stereocenters. The fourth-order valence-corrected chi connectivity index (χ4v) is 0.866. The second-order valence-electron chi connectivity index (χ2n) is 2.47. The van der Waals surface area contributed by atoms with E-state index in [-0.39, 0.29) is 12.3 Å². The third kappa shape index (κ3) is 3.61. The first-order valence-electron chi connectivity index (χ1n) is 3.64. The van der Waals surface area contributed by atoms with Gasteiger partial charge in [0.25, 0.3) is 0 Å². The molecule has 0 amide bonds. The third-order valence-electron chi connectivity index (χ3n) is 1.40. The Hall–Kier alpha value is -1.30. The number of hydrogen-bond donors (Lipinski definition) is 0. The molecule has 78 valence electrons.